The van der Waals surface area contributed by atoms with Gasteiger partial charge in [0.25, 0.3) is 0 Å². The summed E-state index contributed by atoms with van der Waals surface area (Å²) in [6.45, 7) is 3.85. The molecule has 1 saturated heterocycles. The summed E-state index contributed by atoms with van der Waals surface area (Å²) in [4.78, 5) is 0. The lowest BCUT2D eigenvalue weighted by Gasteiger charge is -2.21. The van der Waals surface area contributed by atoms with E-state index in [1.807, 2.05) is 6.07 Å². The van der Waals surface area contributed by atoms with Crippen molar-refractivity contribution in [3.8, 4) is 0 Å². The Morgan fingerprint density at radius 2 is 2.11 bits per heavy atom. The molecular formula is C14H22N2O3. The number of nitrogens with zero attached hydrogens (tertiary/aromatic N) is 1. The van der Waals surface area contributed by atoms with Gasteiger partial charge in [-0.3, -0.25) is 0 Å². The predicted molar refractivity (Wildman–Crippen MR) is 69.6 cm³/mol. The summed E-state index contributed by atoms with van der Waals surface area (Å²) < 4.78 is 16.3. The average molecular weight is 266 g/mol. The number of rotatable bonds is 7. The molecule has 2 aliphatic rings. The maximum atomic E-state index is 5.70. The topological polar surface area (TPSA) is 56.5 Å². The van der Waals surface area contributed by atoms with E-state index in [4.69, 9.17) is 14.0 Å². The summed E-state index contributed by atoms with van der Waals surface area (Å²) in [5.74, 6) is 1.45. The fourth-order valence-electron chi connectivity index (χ4n) is 2.28. The van der Waals surface area contributed by atoms with Gasteiger partial charge in [0.2, 0.25) is 0 Å². The zero-order valence-corrected chi connectivity index (χ0v) is 11.3. The Morgan fingerprint density at radius 1 is 1.26 bits per heavy atom. The highest BCUT2D eigenvalue weighted by molar-refractivity contribution is 5.04. The van der Waals surface area contributed by atoms with Crippen molar-refractivity contribution in [3.63, 3.8) is 0 Å². The van der Waals surface area contributed by atoms with Gasteiger partial charge in [0, 0.05) is 31.9 Å². The lowest BCUT2D eigenvalue weighted by atomic mass is 10.0. The van der Waals surface area contributed by atoms with E-state index in [-0.39, 0.29) is 0 Å². The number of aromatic nitrogens is 1. The molecule has 0 bridgehead atoms. The van der Waals surface area contributed by atoms with Crippen molar-refractivity contribution in [2.45, 2.75) is 44.9 Å². The van der Waals surface area contributed by atoms with E-state index in [0.29, 0.717) is 18.6 Å². The van der Waals surface area contributed by atoms with Crippen molar-refractivity contribution in [1.82, 2.24) is 10.5 Å². The highest BCUT2D eigenvalue weighted by atomic mass is 16.5. The first-order chi connectivity index (χ1) is 9.40. The van der Waals surface area contributed by atoms with Gasteiger partial charge in [-0.2, -0.15) is 0 Å². The van der Waals surface area contributed by atoms with Crippen molar-refractivity contribution in [3.05, 3.63) is 17.5 Å². The van der Waals surface area contributed by atoms with E-state index in [2.05, 4.69) is 10.5 Å². The second kappa shape index (κ2) is 6.50. The molecule has 0 atom stereocenters. The number of nitrogens with one attached hydrogen (secondary N) is 1. The van der Waals surface area contributed by atoms with Crippen molar-refractivity contribution in [2.24, 2.45) is 5.92 Å². The fourth-order valence-corrected chi connectivity index (χ4v) is 2.28. The lowest BCUT2D eigenvalue weighted by Crippen LogP contribution is -2.20. The minimum atomic E-state index is 0.522. The maximum Gasteiger partial charge on any atom is 0.162 e. The van der Waals surface area contributed by atoms with E-state index >= 15 is 0 Å². The molecule has 3 rings (SSSR count). The SMILES string of the molecule is c1c(CNC2CC2)noc1COCC1CCOCC1. The Morgan fingerprint density at radius 3 is 2.89 bits per heavy atom. The van der Waals surface area contributed by atoms with Gasteiger partial charge in [-0.15, -0.1) is 0 Å². The molecule has 5 nitrogen and oxygen atoms in total. The summed E-state index contributed by atoms with van der Waals surface area (Å²) in [6.07, 6.45) is 4.79. The largest absolute Gasteiger partial charge is 0.381 e. The molecule has 1 aliphatic heterocycles. The Bertz CT molecular complexity index is 384. The molecular weight excluding hydrogens is 244 g/mol. The average Bonchev–Trinajstić information content (AvgIpc) is 3.17. The summed E-state index contributed by atoms with van der Waals surface area (Å²) in [6, 6.07) is 2.68. The summed E-state index contributed by atoms with van der Waals surface area (Å²) in [5.41, 5.74) is 0.969. The van der Waals surface area contributed by atoms with Crippen LogP contribution in [0.5, 0.6) is 0 Å². The maximum absolute atomic E-state index is 5.70. The molecule has 1 aliphatic carbocycles. The van der Waals surface area contributed by atoms with Crippen molar-refractivity contribution >= 4 is 0 Å². The number of hydrogen-bond acceptors (Lipinski definition) is 5. The van der Waals surface area contributed by atoms with Crippen LogP contribution in [0.15, 0.2) is 10.6 Å². The number of ether oxygens (including phenoxy) is 2. The molecule has 2 fully saturated rings. The second-order valence-electron chi connectivity index (χ2n) is 5.51. The van der Waals surface area contributed by atoms with Crippen LogP contribution < -0.4 is 5.32 Å². The first kappa shape index (κ1) is 13.1. The minimum Gasteiger partial charge on any atom is -0.381 e. The van der Waals surface area contributed by atoms with Gasteiger partial charge in [0.1, 0.15) is 6.61 Å². The van der Waals surface area contributed by atoms with E-state index < -0.39 is 0 Å². The van der Waals surface area contributed by atoms with Gasteiger partial charge in [-0.25, -0.2) is 0 Å². The summed E-state index contributed by atoms with van der Waals surface area (Å²) in [5, 5.41) is 7.46. The van der Waals surface area contributed by atoms with E-state index in [1.165, 1.54) is 12.8 Å². The smallest absolute Gasteiger partial charge is 0.162 e. The van der Waals surface area contributed by atoms with Gasteiger partial charge in [0.15, 0.2) is 5.76 Å². The molecule has 0 unspecified atom stereocenters. The van der Waals surface area contributed by atoms with Crippen LogP contribution in [-0.4, -0.2) is 31.0 Å². The Labute approximate surface area is 113 Å². The van der Waals surface area contributed by atoms with Crippen LogP contribution in [0.25, 0.3) is 0 Å². The lowest BCUT2D eigenvalue weighted by molar-refractivity contribution is 0.0109. The van der Waals surface area contributed by atoms with Crippen LogP contribution in [0.1, 0.15) is 37.1 Å². The van der Waals surface area contributed by atoms with Crippen molar-refractivity contribution in [1.29, 1.82) is 0 Å². The summed E-state index contributed by atoms with van der Waals surface area (Å²) >= 11 is 0. The first-order valence-electron chi connectivity index (χ1n) is 7.23. The third kappa shape index (κ3) is 4.30. The third-order valence-corrected chi connectivity index (χ3v) is 3.70. The molecule has 1 saturated carbocycles. The molecule has 19 heavy (non-hydrogen) atoms. The molecule has 0 radical (unpaired) electrons. The van der Waals surface area contributed by atoms with Crippen molar-refractivity contribution < 1.29 is 14.0 Å². The molecule has 1 aromatic rings. The van der Waals surface area contributed by atoms with Crippen LogP contribution in [-0.2, 0) is 22.6 Å². The van der Waals surface area contributed by atoms with Gasteiger partial charge in [-0.1, -0.05) is 5.16 Å². The van der Waals surface area contributed by atoms with Crippen LogP contribution >= 0.6 is 0 Å². The first-order valence-corrected chi connectivity index (χ1v) is 7.23. The normalized spacial score (nSPS) is 20.8. The monoisotopic (exact) mass is 266 g/mol. The predicted octanol–water partition coefficient (Wildman–Crippen LogP) is 1.87. The van der Waals surface area contributed by atoms with Crippen LogP contribution in [0.2, 0.25) is 0 Å². The van der Waals surface area contributed by atoms with Gasteiger partial charge in [0.05, 0.1) is 12.3 Å². The molecule has 106 valence electrons. The second-order valence-corrected chi connectivity index (χ2v) is 5.51. The Hall–Kier alpha value is -0.910. The summed E-state index contributed by atoms with van der Waals surface area (Å²) in [7, 11) is 0. The molecule has 1 N–H and O–H groups in total. The molecule has 0 amide bonds. The third-order valence-electron chi connectivity index (χ3n) is 3.70. The van der Waals surface area contributed by atoms with Crippen LogP contribution in [0, 0.1) is 5.92 Å². The fraction of sp³-hybridized carbons (Fsp3) is 0.786. The minimum absolute atomic E-state index is 0.522. The molecule has 0 aromatic carbocycles. The van der Waals surface area contributed by atoms with E-state index in [1.54, 1.807) is 0 Å². The Balaban J connectivity index is 1.34. The van der Waals surface area contributed by atoms with E-state index in [0.717, 1.165) is 50.7 Å². The Kier molecular flexibility index (Phi) is 4.48. The quantitative estimate of drug-likeness (QED) is 0.816. The van der Waals surface area contributed by atoms with Crippen LogP contribution in [0.4, 0.5) is 0 Å². The molecule has 5 heteroatoms. The van der Waals surface area contributed by atoms with Crippen LogP contribution in [0.3, 0.4) is 0 Å². The molecule has 1 aromatic heterocycles. The zero-order valence-electron chi connectivity index (χ0n) is 11.3. The molecule has 2 heterocycles. The number of hydrogen-bond donors (Lipinski definition) is 1. The highest BCUT2D eigenvalue weighted by Crippen LogP contribution is 2.19. The molecule has 0 spiro atoms. The van der Waals surface area contributed by atoms with E-state index in [9.17, 15) is 0 Å². The van der Waals surface area contributed by atoms with Crippen molar-refractivity contribution in [2.75, 3.05) is 19.8 Å². The zero-order chi connectivity index (χ0) is 12.9. The van der Waals surface area contributed by atoms with Gasteiger partial charge < -0.3 is 19.3 Å². The highest BCUT2D eigenvalue weighted by Gasteiger charge is 2.20. The van der Waals surface area contributed by atoms with Gasteiger partial charge >= 0.3 is 0 Å². The van der Waals surface area contributed by atoms with Gasteiger partial charge in [-0.05, 0) is 31.6 Å². The standard InChI is InChI=1S/C14H22N2O3/c1-2-12(1)15-8-13-7-14(19-16-13)10-18-9-11-3-5-17-6-4-11/h7,11-12,15H,1-6,8-10H2.